The van der Waals surface area contributed by atoms with E-state index in [0.29, 0.717) is 11.5 Å². The minimum absolute atomic E-state index is 0.407. The van der Waals surface area contributed by atoms with Gasteiger partial charge in [-0.25, -0.2) is 0 Å². The molecule has 1 saturated heterocycles. The normalized spacial score (nSPS) is 19.1. The van der Waals surface area contributed by atoms with Gasteiger partial charge in [0.15, 0.2) is 0 Å². The number of rotatable bonds is 6. The molecule has 1 atom stereocenters. The second-order valence-corrected chi connectivity index (χ2v) is 7.67. The Morgan fingerprint density at radius 3 is 2.70 bits per heavy atom. The number of morpholine rings is 1. The highest BCUT2D eigenvalue weighted by molar-refractivity contribution is 7.10. The maximum absolute atomic E-state index is 5.48. The molecule has 0 bridgehead atoms. The molecule has 0 spiro atoms. The van der Waals surface area contributed by atoms with Crippen molar-refractivity contribution in [2.45, 2.75) is 33.2 Å². The van der Waals surface area contributed by atoms with Crippen molar-refractivity contribution in [2.24, 2.45) is 5.41 Å². The van der Waals surface area contributed by atoms with E-state index in [-0.39, 0.29) is 0 Å². The molecule has 4 heteroatoms. The summed E-state index contributed by atoms with van der Waals surface area (Å²) in [5, 5.41) is 5.83. The molecule has 2 rings (SSSR count). The van der Waals surface area contributed by atoms with Crippen molar-refractivity contribution in [3.63, 3.8) is 0 Å². The van der Waals surface area contributed by atoms with Crippen LogP contribution in [0.25, 0.3) is 0 Å². The Kier molecular flexibility index (Phi) is 6.02. The van der Waals surface area contributed by atoms with E-state index >= 15 is 0 Å². The lowest BCUT2D eigenvalue weighted by molar-refractivity contribution is 0.0168. The molecule has 3 nitrogen and oxygen atoms in total. The van der Waals surface area contributed by atoms with Gasteiger partial charge in [0.2, 0.25) is 0 Å². The van der Waals surface area contributed by atoms with Crippen LogP contribution in [-0.2, 0) is 4.74 Å². The highest BCUT2D eigenvalue weighted by Crippen LogP contribution is 2.25. The fourth-order valence-corrected chi connectivity index (χ4v) is 3.34. The lowest BCUT2D eigenvalue weighted by Crippen LogP contribution is -2.42. The fraction of sp³-hybridized carbons (Fsp3) is 0.750. The zero-order chi connectivity index (χ0) is 14.4. The van der Waals surface area contributed by atoms with E-state index < -0.39 is 0 Å². The van der Waals surface area contributed by atoms with E-state index in [0.717, 1.165) is 39.4 Å². The lowest BCUT2D eigenvalue weighted by atomic mass is 9.92. The summed E-state index contributed by atoms with van der Waals surface area (Å²) in [6.45, 7) is 12.8. The van der Waals surface area contributed by atoms with E-state index in [1.807, 2.05) is 11.3 Å². The predicted molar refractivity (Wildman–Crippen MR) is 86.4 cm³/mol. The molecular formula is C16H28N2OS. The van der Waals surface area contributed by atoms with Crippen molar-refractivity contribution in [1.82, 2.24) is 10.2 Å². The van der Waals surface area contributed by atoms with Crippen LogP contribution in [-0.4, -0.2) is 44.3 Å². The number of hydrogen-bond donors (Lipinski definition) is 1. The molecular weight excluding hydrogens is 268 g/mol. The van der Waals surface area contributed by atoms with Crippen LogP contribution < -0.4 is 5.32 Å². The van der Waals surface area contributed by atoms with Gasteiger partial charge in [0, 0.05) is 24.5 Å². The molecule has 0 amide bonds. The quantitative estimate of drug-likeness (QED) is 0.816. The van der Waals surface area contributed by atoms with Gasteiger partial charge in [-0.05, 0) is 29.8 Å². The molecule has 20 heavy (non-hydrogen) atoms. The Morgan fingerprint density at radius 2 is 2.10 bits per heavy atom. The molecule has 1 aliphatic heterocycles. The molecule has 1 aromatic heterocycles. The summed E-state index contributed by atoms with van der Waals surface area (Å²) < 4.78 is 5.48. The summed E-state index contributed by atoms with van der Waals surface area (Å²) in [5.74, 6) is 0. The summed E-state index contributed by atoms with van der Waals surface area (Å²) in [4.78, 5) is 4.02. The SMILES string of the molecule is CC(C)(C)CCNCC(c1cccs1)N1CCOCC1. The maximum atomic E-state index is 5.48. The minimum Gasteiger partial charge on any atom is -0.379 e. The van der Waals surface area contributed by atoms with Crippen LogP contribution in [0.3, 0.4) is 0 Å². The Bertz CT molecular complexity index is 366. The standard InChI is InChI=1S/C16H28N2OS/c1-16(2,3)6-7-17-13-14(15-5-4-12-20-15)18-8-10-19-11-9-18/h4-5,12,14,17H,6-11,13H2,1-3H3. The van der Waals surface area contributed by atoms with Gasteiger partial charge in [0.1, 0.15) is 0 Å². The number of thiophene rings is 1. The van der Waals surface area contributed by atoms with E-state index in [1.165, 1.54) is 11.3 Å². The number of nitrogens with zero attached hydrogens (tertiary/aromatic N) is 1. The van der Waals surface area contributed by atoms with E-state index in [9.17, 15) is 0 Å². The van der Waals surface area contributed by atoms with Crippen molar-refractivity contribution in [3.05, 3.63) is 22.4 Å². The van der Waals surface area contributed by atoms with Crippen LogP contribution in [0.2, 0.25) is 0 Å². The highest BCUT2D eigenvalue weighted by atomic mass is 32.1. The summed E-state index contributed by atoms with van der Waals surface area (Å²) in [6, 6.07) is 4.91. The first-order valence-corrected chi connectivity index (χ1v) is 8.50. The van der Waals surface area contributed by atoms with Gasteiger partial charge in [0.25, 0.3) is 0 Å². The maximum Gasteiger partial charge on any atom is 0.0594 e. The molecule has 1 aliphatic rings. The van der Waals surface area contributed by atoms with Gasteiger partial charge in [-0.15, -0.1) is 11.3 Å². The molecule has 1 unspecified atom stereocenters. The Labute approximate surface area is 127 Å². The Morgan fingerprint density at radius 1 is 1.35 bits per heavy atom. The number of hydrogen-bond acceptors (Lipinski definition) is 4. The van der Waals surface area contributed by atoms with Gasteiger partial charge < -0.3 is 10.1 Å². The highest BCUT2D eigenvalue weighted by Gasteiger charge is 2.23. The third-order valence-electron chi connectivity index (χ3n) is 3.75. The summed E-state index contributed by atoms with van der Waals surface area (Å²) in [6.07, 6.45) is 1.22. The van der Waals surface area contributed by atoms with Crippen molar-refractivity contribution in [2.75, 3.05) is 39.4 Å². The molecule has 1 aromatic rings. The van der Waals surface area contributed by atoms with Crippen LogP contribution >= 0.6 is 11.3 Å². The molecule has 2 heterocycles. The molecule has 114 valence electrons. The monoisotopic (exact) mass is 296 g/mol. The molecule has 1 N–H and O–H groups in total. The lowest BCUT2D eigenvalue weighted by Gasteiger charge is -2.34. The summed E-state index contributed by atoms with van der Waals surface area (Å²) >= 11 is 1.87. The van der Waals surface area contributed by atoms with Gasteiger partial charge in [-0.3, -0.25) is 4.90 Å². The van der Waals surface area contributed by atoms with Crippen molar-refractivity contribution in [3.8, 4) is 0 Å². The third-order valence-corrected chi connectivity index (χ3v) is 4.72. The first-order valence-electron chi connectivity index (χ1n) is 7.62. The van der Waals surface area contributed by atoms with Crippen LogP contribution in [0.4, 0.5) is 0 Å². The number of ether oxygens (including phenoxy) is 1. The van der Waals surface area contributed by atoms with Crippen LogP contribution in [0.5, 0.6) is 0 Å². The van der Waals surface area contributed by atoms with Crippen LogP contribution in [0.15, 0.2) is 17.5 Å². The van der Waals surface area contributed by atoms with Gasteiger partial charge in [-0.2, -0.15) is 0 Å². The molecule has 1 fully saturated rings. The predicted octanol–water partition coefficient (Wildman–Crippen LogP) is 3.15. The fourth-order valence-electron chi connectivity index (χ4n) is 2.48. The van der Waals surface area contributed by atoms with E-state index in [1.54, 1.807) is 0 Å². The minimum atomic E-state index is 0.407. The van der Waals surface area contributed by atoms with E-state index in [4.69, 9.17) is 4.74 Å². The topological polar surface area (TPSA) is 24.5 Å². The van der Waals surface area contributed by atoms with Gasteiger partial charge in [0.05, 0.1) is 19.3 Å². The largest absolute Gasteiger partial charge is 0.379 e. The zero-order valence-electron chi connectivity index (χ0n) is 13.0. The molecule has 0 aromatic carbocycles. The Hall–Kier alpha value is -0.420. The van der Waals surface area contributed by atoms with Crippen molar-refractivity contribution >= 4 is 11.3 Å². The van der Waals surface area contributed by atoms with Gasteiger partial charge >= 0.3 is 0 Å². The first-order chi connectivity index (χ1) is 9.56. The third kappa shape index (κ3) is 5.17. The van der Waals surface area contributed by atoms with Crippen molar-refractivity contribution in [1.29, 1.82) is 0 Å². The Balaban J connectivity index is 1.86. The van der Waals surface area contributed by atoms with Crippen LogP contribution in [0.1, 0.15) is 38.1 Å². The second-order valence-electron chi connectivity index (χ2n) is 6.69. The zero-order valence-corrected chi connectivity index (χ0v) is 13.8. The van der Waals surface area contributed by atoms with E-state index in [2.05, 4.69) is 48.5 Å². The number of nitrogens with one attached hydrogen (secondary N) is 1. The first kappa shape index (κ1) is 16.0. The molecule has 0 saturated carbocycles. The molecule has 0 aliphatic carbocycles. The second kappa shape index (κ2) is 7.55. The average Bonchev–Trinajstić information content (AvgIpc) is 2.92. The summed E-state index contributed by atoms with van der Waals surface area (Å²) in [5.41, 5.74) is 0.407. The van der Waals surface area contributed by atoms with Gasteiger partial charge in [-0.1, -0.05) is 26.8 Å². The van der Waals surface area contributed by atoms with Crippen molar-refractivity contribution < 1.29 is 4.74 Å². The smallest absolute Gasteiger partial charge is 0.0594 e. The molecule has 0 radical (unpaired) electrons. The summed E-state index contributed by atoms with van der Waals surface area (Å²) in [7, 11) is 0. The van der Waals surface area contributed by atoms with Crippen LogP contribution in [0, 0.1) is 5.41 Å². The average molecular weight is 296 g/mol.